The highest BCUT2D eigenvalue weighted by molar-refractivity contribution is 7.00. The second-order valence-electron chi connectivity index (χ2n) is 12.2. The van der Waals surface area contributed by atoms with Crippen molar-refractivity contribution in [3.8, 4) is 0 Å². The number of para-hydroxylation sites is 2. The molecule has 2 aliphatic heterocycles. The highest BCUT2D eigenvalue weighted by Gasteiger charge is 2.43. The normalized spacial score (nSPS) is 15.8. The smallest absolute Gasteiger partial charge is 0.252 e. The summed E-state index contributed by atoms with van der Waals surface area (Å²) in [5, 5.41) is 0. The lowest BCUT2D eigenvalue weighted by Crippen LogP contribution is -2.61. The minimum atomic E-state index is 0.190. The Hall–Kier alpha value is -4.24. The van der Waals surface area contributed by atoms with Crippen molar-refractivity contribution in [2.45, 2.75) is 51.9 Å². The zero-order valence-corrected chi connectivity index (χ0v) is 24.0. The lowest BCUT2D eigenvalue weighted by molar-refractivity contribution is 0.444. The van der Waals surface area contributed by atoms with E-state index in [-0.39, 0.29) is 6.71 Å². The molecular weight excluding hydrogens is 495 g/mol. The van der Waals surface area contributed by atoms with Gasteiger partial charge in [-0.25, -0.2) is 0 Å². The predicted molar refractivity (Wildman–Crippen MR) is 176 cm³/mol. The molecule has 41 heavy (non-hydrogen) atoms. The molecule has 3 heteroatoms. The number of benzene rings is 5. The van der Waals surface area contributed by atoms with Gasteiger partial charge >= 0.3 is 0 Å². The van der Waals surface area contributed by atoms with Gasteiger partial charge in [0.05, 0.1) is 0 Å². The summed E-state index contributed by atoms with van der Waals surface area (Å²) in [5.41, 5.74) is 16.0. The van der Waals surface area contributed by atoms with Gasteiger partial charge in [-0.2, -0.15) is 0 Å². The van der Waals surface area contributed by atoms with E-state index in [1.54, 1.807) is 0 Å². The van der Waals surface area contributed by atoms with E-state index in [0.29, 0.717) is 5.92 Å². The first-order chi connectivity index (χ1) is 20.2. The van der Waals surface area contributed by atoms with Gasteiger partial charge in [-0.15, -0.1) is 0 Å². The maximum atomic E-state index is 2.56. The molecular formula is C38H35BN2. The van der Waals surface area contributed by atoms with Gasteiger partial charge in [0.1, 0.15) is 0 Å². The van der Waals surface area contributed by atoms with E-state index in [1.807, 2.05) is 0 Å². The number of anilines is 6. The summed E-state index contributed by atoms with van der Waals surface area (Å²) in [5.74, 6) is 0.609. The van der Waals surface area contributed by atoms with Crippen molar-refractivity contribution in [1.29, 1.82) is 0 Å². The SMILES string of the molecule is Cc1ccc(N2c3ccccc3B3c4ccccc4N(c4cccc(C)c4)c4cc(C5CCCCC5)cc2c43)cc1. The lowest BCUT2D eigenvalue weighted by atomic mass is 9.33. The quantitative estimate of drug-likeness (QED) is 0.212. The van der Waals surface area contributed by atoms with Gasteiger partial charge in [-0.05, 0) is 109 Å². The van der Waals surface area contributed by atoms with Gasteiger partial charge in [0.15, 0.2) is 0 Å². The second kappa shape index (κ2) is 9.70. The topological polar surface area (TPSA) is 6.48 Å². The summed E-state index contributed by atoms with van der Waals surface area (Å²) < 4.78 is 0. The average molecular weight is 531 g/mol. The molecule has 2 heterocycles. The van der Waals surface area contributed by atoms with Gasteiger partial charge < -0.3 is 9.80 Å². The molecule has 2 nitrogen and oxygen atoms in total. The first-order valence-corrected chi connectivity index (χ1v) is 15.3. The third-order valence-electron chi connectivity index (χ3n) is 9.54. The monoisotopic (exact) mass is 530 g/mol. The van der Waals surface area contributed by atoms with E-state index in [9.17, 15) is 0 Å². The predicted octanol–water partition coefficient (Wildman–Crippen LogP) is 8.43. The van der Waals surface area contributed by atoms with E-state index in [4.69, 9.17) is 0 Å². The maximum Gasteiger partial charge on any atom is 0.252 e. The van der Waals surface area contributed by atoms with Crippen LogP contribution in [-0.4, -0.2) is 6.71 Å². The number of aryl methyl sites for hydroxylation is 2. The molecule has 0 radical (unpaired) electrons. The number of hydrogen-bond acceptors (Lipinski definition) is 2. The number of nitrogens with zero attached hydrogens (tertiary/aromatic N) is 2. The first-order valence-electron chi connectivity index (χ1n) is 15.3. The first kappa shape index (κ1) is 24.6. The minimum Gasteiger partial charge on any atom is -0.311 e. The summed E-state index contributed by atoms with van der Waals surface area (Å²) in [4.78, 5) is 5.09. The maximum absolute atomic E-state index is 2.56. The summed E-state index contributed by atoms with van der Waals surface area (Å²) in [6, 6.07) is 41.4. The fourth-order valence-electron chi connectivity index (χ4n) is 7.61. The number of hydrogen-bond donors (Lipinski definition) is 0. The van der Waals surface area contributed by atoms with Crippen LogP contribution >= 0.6 is 0 Å². The van der Waals surface area contributed by atoms with Gasteiger partial charge in [0, 0.05) is 34.1 Å². The van der Waals surface area contributed by atoms with Crippen LogP contribution in [0.4, 0.5) is 34.1 Å². The van der Waals surface area contributed by atoms with Gasteiger partial charge in [-0.3, -0.25) is 0 Å². The van der Waals surface area contributed by atoms with E-state index in [1.165, 1.54) is 99.3 Å². The zero-order valence-electron chi connectivity index (χ0n) is 24.0. The molecule has 1 fully saturated rings. The van der Waals surface area contributed by atoms with E-state index in [2.05, 4.69) is 133 Å². The van der Waals surface area contributed by atoms with Crippen LogP contribution in [0.1, 0.15) is 54.7 Å². The van der Waals surface area contributed by atoms with Crippen LogP contribution in [0.2, 0.25) is 0 Å². The fourth-order valence-corrected chi connectivity index (χ4v) is 7.61. The molecule has 3 aliphatic rings. The summed E-state index contributed by atoms with van der Waals surface area (Å²) >= 11 is 0. The Morgan fingerprint density at radius 2 is 1.15 bits per heavy atom. The Labute approximate surface area is 244 Å². The molecule has 0 N–H and O–H groups in total. The molecule has 0 atom stereocenters. The Kier molecular flexibility index (Phi) is 5.81. The number of rotatable bonds is 3. The lowest BCUT2D eigenvalue weighted by Gasteiger charge is -2.45. The minimum absolute atomic E-state index is 0.190. The summed E-state index contributed by atoms with van der Waals surface area (Å²) in [6.45, 7) is 4.56. The molecule has 0 amide bonds. The molecule has 5 aromatic rings. The molecule has 0 bridgehead atoms. The largest absolute Gasteiger partial charge is 0.311 e. The Balaban J connectivity index is 1.47. The summed E-state index contributed by atoms with van der Waals surface area (Å²) in [7, 11) is 0. The van der Waals surface area contributed by atoms with Crippen LogP contribution in [0.25, 0.3) is 0 Å². The van der Waals surface area contributed by atoms with Crippen LogP contribution in [-0.2, 0) is 0 Å². The van der Waals surface area contributed by atoms with Crippen LogP contribution in [0.3, 0.4) is 0 Å². The number of fused-ring (bicyclic) bond motifs is 4. The third kappa shape index (κ3) is 3.94. The average Bonchev–Trinajstić information content (AvgIpc) is 3.02. The van der Waals surface area contributed by atoms with Gasteiger partial charge in [0.25, 0.3) is 6.71 Å². The molecule has 1 saturated carbocycles. The zero-order chi connectivity index (χ0) is 27.5. The van der Waals surface area contributed by atoms with Crippen LogP contribution in [0.5, 0.6) is 0 Å². The second-order valence-corrected chi connectivity index (χ2v) is 12.2. The molecule has 200 valence electrons. The van der Waals surface area contributed by atoms with Crippen molar-refractivity contribution >= 4 is 57.2 Å². The van der Waals surface area contributed by atoms with Gasteiger partial charge in [0.2, 0.25) is 0 Å². The van der Waals surface area contributed by atoms with Crippen molar-refractivity contribution < 1.29 is 0 Å². The molecule has 5 aromatic carbocycles. The summed E-state index contributed by atoms with van der Waals surface area (Å²) in [6.07, 6.45) is 6.58. The Bertz CT molecular complexity index is 1770. The standard InChI is InChI=1S/C38H35BN2/c1-26-19-21-30(22-20-26)40-34-17-8-6-15-32(34)39-33-16-7-9-18-35(33)41(31-14-10-11-27(2)23-31)37-25-29(24-36(40)38(37)39)28-12-4-3-5-13-28/h6-11,14-25,28H,3-5,12-13H2,1-2H3. The van der Waals surface area contributed by atoms with Crippen molar-refractivity contribution in [1.82, 2.24) is 0 Å². The van der Waals surface area contributed by atoms with Gasteiger partial charge in [-0.1, -0.05) is 85.5 Å². The molecule has 0 aromatic heterocycles. The van der Waals surface area contributed by atoms with Crippen molar-refractivity contribution in [3.05, 3.63) is 126 Å². The molecule has 0 unspecified atom stereocenters. The van der Waals surface area contributed by atoms with Crippen LogP contribution in [0.15, 0.2) is 109 Å². The fraction of sp³-hybridized carbons (Fsp3) is 0.211. The van der Waals surface area contributed by atoms with E-state index in [0.717, 1.165) is 0 Å². The van der Waals surface area contributed by atoms with Crippen LogP contribution < -0.4 is 26.2 Å². The Morgan fingerprint density at radius 1 is 0.537 bits per heavy atom. The molecule has 0 saturated heterocycles. The molecule has 0 spiro atoms. The van der Waals surface area contributed by atoms with Crippen molar-refractivity contribution in [2.75, 3.05) is 9.80 Å². The van der Waals surface area contributed by atoms with E-state index >= 15 is 0 Å². The molecule has 8 rings (SSSR count). The highest BCUT2D eigenvalue weighted by Crippen LogP contribution is 2.46. The van der Waals surface area contributed by atoms with E-state index < -0.39 is 0 Å². The third-order valence-corrected chi connectivity index (χ3v) is 9.54. The van der Waals surface area contributed by atoms with Crippen molar-refractivity contribution in [3.63, 3.8) is 0 Å². The Morgan fingerprint density at radius 3 is 1.78 bits per heavy atom. The van der Waals surface area contributed by atoms with Crippen molar-refractivity contribution in [2.24, 2.45) is 0 Å². The highest BCUT2D eigenvalue weighted by atomic mass is 15.2. The molecule has 1 aliphatic carbocycles. The van der Waals surface area contributed by atoms with Crippen LogP contribution in [0, 0.1) is 13.8 Å².